The molecule has 2 rings (SSSR count). The maximum atomic E-state index is 11.7. The zero-order valence-corrected chi connectivity index (χ0v) is 10.5. The lowest BCUT2D eigenvalue weighted by molar-refractivity contribution is -0.121. The number of aromatic carboxylic acids is 1. The standard InChI is InChI=1S/C12H16N4O3/c1-6(11(17)16-7-2-3-7)15-10-4-8(12(18)19)9(13)5-14-10/h4-7H,2-3,13H2,1H3,(H,14,15)(H,16,17)(H,18,19). The van der Waals surface area contributed by atoms with E-state index < -0.39 is 12.0 Å². The highest BCUT2D eigenvalue weighted by Gasteiger charge is 2.25. The maximum absolute atomic E-state index is 11.7. The fourth-order valence-electron chi connectivity index (χ4n) is 1.57. The summed E-state index contributed by atoms with van der Waals surface area (Å²) in [4.78, 5) is 26.6. The number of hydrogen-bond donors (Lipinski definition) is 4. The van der Waals surface area contributed by atoms with Crippen molar-refractivity contribution in [3.63, 3.8) is 0 Å². The Morgan fingerprint density at radius 2 is 2.21 bits per heavy atom. The van der Waals surface area contributed by atoms with E-state index in [0.717, 1.165) is 12.8 Å². The average Bonchev–Trinajstić information content (AvgIpc) is 3.15. The van der Waals surface area contributed by atoms with Crippen LogP contribution < -0.4 is 16.4 Å². The minimum atomic E-state index is -1.13. The Morgan fingerprint density at radius 3 is 2.79 bits per heavy atom. The summed E-state index contributed by atoms with van der Waals surface area (Å²) in [6.45, 7) is 1.69. The van der Waals surface area contributed by atoms with Crippen LogP contribution in [0, 0.1) is 0 Å². The zero-order valence-electron chi connectivity index (χ0n) is 10.5. The third kappa shape index (κ3) is 3.34. The van der Waals surface area contributed by atoms with E-state index in [1.807, 2.05) is 0 Å². The third-order valence-corrected chi connectivity index (χ3v) is 2.85. The molecule has 0 saturated heterocycles. The van der Waals surface area contributed by atoms with Crippen LogP contribution in [0.25, 0.3) is 0 Å². The van der Waals surface area contributed by atoms with Gasteiger partial charge in [-0.15, -0.1) is 0 Å². The summed E-state index contributed by atoms with van der Waals surface area (Å²) in [7, 11) is 0. The van der Waals surface area contributed by atoms with Crippen LogP contribution in [0.4, 0.5) is 11.5 Å². The molecule has 1 aromatic heterocycles. The van der Waals surface area contributed by atoms with Gasteiger partial charge in [0.15, 0.2) is 0 Å². The lowest BCUT2D eigenvalue weighted by Crippen LogP contribution is -2.38. The molecule has 1 aliphatic carbocycles. The van der Waals surface area contributed by atoms with Crippen molar-refractivity contribution in [3.05, 3.63) is 17.8 Å². The SMILES string of the molecule is CC(Nc1cc(C(=O)O)c(N)cn1)C(=O)NC1CC1. The molecule has 1 aromatic rings. The van der Waals surface area contributed by atoms with Gasteiger partial charge in [0.1, 0.15) is 11.9 Å². The van der Waals surface area contributed by atoms with E-state index in [1.165, 1.54) is 12.3 Å². The van der Waals surface area contributed by atoms with Gasteiger partial charge in [-0.05, 0) is 25.8 Å². The molecule has 0 radical (unpaired) electrons. The summed E-state index contributed by atoms with van der Waals surface area (Å²) in [5, 5.41) is 14.7. The summed E-state index contributed by atoms with van der Waals surface area (Å²) in [5.74, 6) is -0.943. The molecular weight excluding hydrogens is 248 g/mol. The predicted molar refractivity (Wildman–Crippen MR) is 69.9 cm³/mol. The normalized spacial score (nSPS) is 15.6. The van der Waals surface area contributed by atoms with Gasteiger partial charge in [-0.3, -0.25) is 4.79 Å². The Morgan fingerprint density at radius 1 is 1.53 bits per heavy atom. The van der Waals surface area contributed by atoms with Crippen LogP contribution in [-0.2, 0) is 4.79 Å². The van der Waals surface area contributed by atoms with Crippen LogP contribution in [0.3, 0.4) is 0 Å². The van der Waals surface area contributed by atoms with Gasteiger partial charge in [-0.25, -0.2) is 9.78 Å². The molecule has 1 heterocycles. The lowest BCUT2D eigenvalue weighted by Gasteiger charge is -2.15. The Kier molecular flexibility index (Phi) is 3.55. The number of hydrogen-bond acceptors (Lipinski definition) is 5. The zero-order chi connectivity index (χ0) is 14.0. The second kappa shape index (κ2) is 5.13. The van der Waals surface area contributed by atoms with Crippen molar-refractivity contribution in [2.45, 2.75) is 31.8 Å². The van der Waals surface area contributed by atoms with E-state index in [2.05, 4.69) is 15.6 Å². The fraction of sp³-hybridized carbons (Fsp3) is 0.417. The summed E-state index contributed by atoms with van der Waals surface area (Å²) < 4.78 is 0. The van der Waals surface area contributed by atoms with Crippen LogP contribution in [-0.4, -0.2) is 34.1 Å². The van der Waals surface area contributed by atoms with Crippen molar-refractivity contribution in [3.8, 4) is 0 Å². The summed E-state index contributed by atoms with van der Waals surface area (Å²) in [6.07, 6.45) is 3.29. The van der Waals surface area contributed by atoms with Crippen molar-refractivity contribution in [2.75, 3.05) is 11.1 Å². The number of anilines is 2. The van der Waals surface area contributed by atoms with Crippen molar-refractivity contribution >= 4 is 23.4 Å². The number of carboxylic acid groups (broad SMARTS) is 1. The molecule has 1 unspecified atom stereocenters. The molecule has 7 nitrogen and oxygen atoms in total. The molecule has 0 aliphatic heterocycles. The van der Waals surface area contributed by atoms with E-state index in [9.17, 15) is 9.59 Å². The number of carbonyl (C=O) groups excluding carboxylic acids is 1. The van der Waals surface area contributed by atoms with E-state index >= 15 is 0 Å². The molecule has 1 amide bonds. The molecular formula is C12H16N4O3. The monoisotopic (exact) mass is 264 g/mol. The molecule has 1 aliphatic rings. The first-order valence-electron chi connectivity index (χ1n) is 6.03. The van der Waals surface area contributed by atoms with E-state index in [1.54, 1.807) is 6.92 Å². The first kappa shape index (κ1) is 13.1. The number of amides is 1. The maximum Gasteiger partial charge on any atom is 0.337 e. The first-order valence-corrected chi connectivity index (χ1v) is 6.03. The highest BCUT2D eigenvalue weighted by molar-refractivity contribution is 5.94. The quantitative estimate of drug-likeness (QED) is 0.613. The Labute approximate surface area is 110 Å². The highest BCUT2D eigenvalue weighted by atomic mass is 16.4. The Bertz CT molecular complexity index is 514. The molecule has 7 heteroatoms. The molecule has 5 N–H and O–H groups in total. The van der Waals surface area contributed by atoms with Crippen LogP contribution in [0.15, 0.2) is 12.3 Å². The Hall–Kier alpha value is -2.31. The number of carboxylic acids is 1. The van der Waals surface area contributed by atoms with Crippen LogP contribution >= 0.6 is 0 Å². The van der Waals surface area contributed by atoms with Gasteiger partial charge in [0, 0.05) is 6.04 Å². The number of nitrogens with one attached hydrogen (secondary N) is 2. The molecule has 0 bridgehead atoms. The summed E-state index contributed by atoms with van der Waals surface area (Å²) >= 11 is 0. The molecule has 102 valence electrons. The largest absolute Gasteiger partial charge is 0.478 e. The number of carbonyl (C=O) groups is 2. The van der Waals surface area contributed by atoms with Gasteiger partial charge in [-0.2, -0.15) is 0 Å². The second-order valence-corrected chi connectivity index (χ2v) is 4.61. The molecule has 0 aromatic carbocycles. The van der Waals surface area contributed by atoms with E-state index in [-0.39, 0.29) is 23.2 Å². The molecule has 1 fully saturated rings. The number of nitrogen functional groups attached to an aromatic ring is 1. The number of rotatable bonds is 5. The van der Waals surface area contributed by atoms with Gasteiger partial charge in [0.25, 0.3) is 0 Å². The minimum absolute atomic E-state index is 0.0349. The summed E-state index contributed by atoms with van der Waals surface area (Å²) in [6, 6.07) is 1.11. The number of nitrogens with zero attached hydrogens (tertiary/aromatic N) is 1. The number of aromatic nitrogens is 1. The average molecular weight is 264 g/mol. The third-order valence-electron chi connectivity index (χ3n) is 2.85. The van der Waals surface area contributed by atoms with E-state index in [0.29, 0.717) is 5.82 Å². The van der Waals surface area contributed by atoms with Gasteiger partial charge < -0.3 is 21.5 Å². The first-order chi connectivity index (χ1) is 8.97. The lowest BCUT2D eigenvalue weighted by atomic mass is 10.2. The fourth-order valence-corrected chi connectivity index (χ4v) is 1.57. The van der Waals surface area contributed by atoms with E-state index in [4.69, 9.17) is 10.8 Å². The summed E-state index contributed by atoms with van der Waals surface area (Å²) in [5.41, 5.74) is 5.56. The van der Waals surface area contributed by atoms with Crippen LogP contribution in [0.1, 0.15) is 30.1 Å². The van der Waals surface area contributed by atoms with Crippen molar-refractivity contribution in [1.29, 1.82) is 0 Å². The van der Waals surface area contributed by atoms with Gasteiger partial charge in [-0.1, -0.05) is 0 Å². The van der Waals surface area contributed by atoms with Crippen molar-refractivity contribution in [2.24, 2.45) is 0 Å². The van der Waals surface area contributed by atoms with Crippen LogP contribution in [0.5, 0.6) is 0 Å². The van der Waals surface area contributed by atoms with Gasteiger partial charge in [0.2, 0.25) is 5.91 Å². The van der Waals surface area contributed by atoms with Gasteiger partial charge >= 0.3 is 5.97 Å². The van der Waals surface area contributed by atoms with Crippen LogP contribution in [0.2, 0.25) is 0 Å². The molecule has 1 atom stereocenters. The topological polar surface area (TPSA) is 117 Å². The molecule has 0 spiro atoms. The number of pyridine rings is 1. The molecule has 1 saturated carbocycles. The second-order valence-electron chi connectivity index (χ2n) is 4.61. The van der Waals surface area contributed by atoms with Crippen molar-refractivity contribution < 1.29 is 14.7 Å². The smallest absolute Gasteiger partial charge is 0.337 e. The minimum Gasteiger partial charge on any atom is -0.478 e. The molecule has 19 heavy (non-hydrogen) atoms. The predicted octanol–water partition coefficient (Wildman–Crippen LogP) is 0.441. The Balaban J connectivity index is 2.03. The van der Waals surface area contributed by atoms with Crippen molar-refractivity contribution in [1.82, 2.24) is 10.3 Å². The van der Waals surface area contributed by atoms with Gasteiger partial charge in [0.05, 0.1) is 17.4 Å². The highest BCUT2D eigenvalue weighted by Crippen LogP contribution is 2.19. The number of nitrogens with two attached hydrogens (primary N) is 1.